The summed E-state index contributed by atoms with van der Waals surface area (Å²) in [7, 11) is 0. The van der Waals surface area contributed by atoms with Crippen LogP contribution in [0.3, 0.4) is 0 Å². The fraction of sp³-hybridized carbons (Fsp3) is 0.431. The maximum atomic E-state index is 14.6. The Bertz CT molecular complexity index is 2580. The van der Waals surface area contributed by atoms with Crippen LogP contribution in [0, 0.1) is 0 Å². The smallest absolute Gasteiger partial charge is 0.336 e. The molecule has 19 nitrogen and oxygen atoms in total. The number of primary amides is 1. The van der Waals surface area contributed by atoms with Gasteiger partial charge in [-0.25, -0.2) is 9.80 Å². The molecule has 1 aliphatic rings. The first-order valence-corrected chi connectivity index (χ1v) is 24.2. The molecule has 12 N–H and O–H groups in total. The zero-order valence-corrected chi connectivity index (χ0v) is 40.2. The quantitative estimate of drug-likeness (QED) is 0.0930. The molecule has 1 aliphatic heterocycles. The molecule has 8 amide bonds. The second kappa shape index (κ2) is 25.4. The molecule has 1 fully saturated rings. The number of hydrazine groups is 1. The molecule has 70 heavy (non-hydrogen) atoms. The van der Waals surface area contributed by atoms with Gasteiger partial charge in [0.1, 0.15) is 30.2 Å². The summed E-state index contributed by atoms with van der Waals surface area (Å²) in [5, 5.41) is 16.8. The minimum Gasteiger partial charge on any atom is -0.368 e. The highest BCUT2D eigenvalue weighted by atomic mass is 16.2. The Morgan fingerprint density at radius 3 is 1.77 bits per heavy atom. The molecule has 0 spiro atoms. The first-order chi connectivity index (χ1) is 33.7. The number of rotatable bonds is 11. The first kappa shape index (κ1) is 52.1. The maximum Gasteiger partial charge on any atom is 0.336 e. The number of nitrogens with two attached hydrogens (primary N) is 2. The summed E-state index contributed by atoms with van der Waals surface area (Å²) < 4.78 is 0. The van der Waals surface area contributed by atoms with Crippen LogP contribution in [0.1, 0.15) is 76.0 Å². The van der Waals surface area contributed by atoms with E-state index in [1.165, 1.54) is 13.8 Å². The van der Waals surface area contributed by atoms with E-state index in [2.05, 4.69) is 53.8 Å². The number of hydrogen-bond donors (Lipinski definition) is 10. The van der Waals surface area contributed by atoms with Crippen LogP contribution >= 0.6 is 0 Å². The fourth-order valence-electron chi connectivity index (χ4n) is 8.64. The number of amides is 8. The predicted octanol–water partition coefficient (Wildman–Crippen LogP) is 2.56. The standard InChI is InChI=1S/C51H68N12O7/c1-4-23-62-24-13-12-22-41(45(53)64)57-49(68)42(27-34-16-6-5-7-17-34)59-50(69)43(28-35-30-54-39-20-10-8-18-37(35)39)58-47(66)33(3)56-48(67)44(29-36-31-55-40-21-11-9-19-38(36)40)60-51(70)63(26-15-14-25-62)61-46(65)32(2)52/h5-11,16-21,30-33,41-44,54-55H,4,12-15,22-29,52H2,1-3H3,(H2,53,64)(H,56,67)(H,57,68)(H,58,66)(H,59,69)(H,60,70)(H,61,65)/t32-,33-,41-,42+,43-,44+/m0/s1. The van der Waals surface area contributed by atoms with E-state index in [-0.39, 0.29) is 32.2 Å². The van der Waals surface area contributed by atoms with Crippen LogP contribution in [0.2, 0.25) is 0 Å². The Kier molecular flexibility index (Phi) is 18.9. The number of urea groups is 1. The van der Waals surface area contributed by atoms with E-state index in [1.54, 1.807) is 12.4 Å². The maximum absolute atomic E-state index is 14.6. The lowest BCUT2D eigenvalue weighted by molar-refractivity contribution is -0.134. The average molecular weight is 961 g/mol. The Balaban J connectivity index is 1.33. The summed E-state index contributed by atoms with van der Waals surface area (Å²) in [5.41, 5.74) is 18.2. The van der Waals surface area contributed by atoms with E-state index in [4.69, 9.17) is 11.5 Å². The minimum atomic E-state index is -1.27. The van der Waals surface area contributed by atoms with Gasteiger partial charge in [0, 0.05) is 60.0 Å². The summed E-state index contributed by atoms with van der Waals surface area (Å²) in [6.45, 7) is 7.28. The number of hydrogen-bond acceptors (Lipinski definition) is 9. The molecular weight excluding hydrogens is 893 g/mol. The van der Waals surface area contributed by atoms with Crippen molar-refractivity contribution in [1.29, 1.82) is 0 Å². The van der Waals surface area contributed by atoms with Crippen molar-refractivity contribution in [3.05, 3.63) is 108 Å². The number of carbonyl (C=O) groups is 7. The van der Waals surface area contributed by atoms with Gasteiger partial charge in [0.05, 0.1) is 6.04 Å². The third-order valence-corrected chi connectivity index (χ3v) is 12.5. The third-order valence-electron chi connectivity index (χ3n) is 12.5. The van der Waals surface area contributed by atoms with Gasteiger partial charge in [-0.05, 0) is 101 Å². The van der Waals surface area contributed by atoms with Crippen molar-refractivity contribution >= 4 is 63.3 Å². The zero-order chi connectivity index (χ0) is 50.2. The highest BCUT2D eigenvalue weighted by Crippen LogP contribution is 2.21. The Labute approximate surface area is 408 Å². The van der Waals surface area contributed by atoms with Crippen LogP contribution in [0.4, 0.5) is 4.79 Å². The molecule has 3 heterocycles. The number of nitrogens with zero attached hydrogens (tertiary/aromatic N) is 2. The number of aromatic amines is 2. The SMILES string of the molecule is CCCN1CCCC[C@@H](C(N)=O)NC(=O)[C@@H](Cc2ccccc2)NC(=O)[C@H](Cc2c[nH]c3ccccc23)NC(=O)[C@H](C)NC(=O)[C@@H](Cc2c[nH]c3ccccc23)NC(=O)N(NC(=O)[C@H](C)N)CCCC1. The zero-order valence-electron chi connectivity index (χ0n) is 40.2. The van der Waals surface area contributed by atoms with Crippen LogP contribution in [0.5, 0.6) is 0 Å². The van der Waals surface area contributed by atoms with Crippen LogP contribution < -0.4 is 43.5 Å². The lowest BCUT2D eigenvalue weighted by Crippen LogP contribution is -2.60. The van der Waals surface area contributed by atoms with Gasteiger partial charge in [0.25, 0.3) is 5.91 Å². The molecule has 0 radical (unpaired) electrons. The van der Waals surface area contributed by atoms with E-state index in [9.17, 15) is 33.6 Å². The second-order valence-corrected chi connectivity index (χ2v) is 18.1. The van der Waals surface area contributed by atoms with Crippen LogP contribution in [0.15, 0.2) is 91.3 Å². The van der Waals surface area contributed by atoms with Crippen molar-refractivity contribution in [2.45, 2.75) is 115 Å². The Hall–Kier alpha value is -7.25. The predicted molar refractivity (Wildman–Crippen MR) is 267 cm³/mol. The van der Waals surface area contributed by atoms with Crippen molar-refractivity contribution in [1.82, 2.24) is 51.9 Å². The molecule has 6 atom stereocenters. The second-order valence-electron chi connectivity index (χ2n) is 18.1. The van der Waals surface area contributed by atoms with Crippen LogP contribution in [0.25, 0.3) is 21.8 Å². The van der Waals surface area contributed by atoms with E-state index < -0.39 is 77.7 Å². The number of para-hydroxylation sites is 2. The molecule has 5 aromatic rings. The molecule has 19 heteroatoms. The molecule has 6 rings (SSSR count). The first-order valence-electron chi connectivity index (χ1n) is 24.2. The van der Waals surface area contributed by atoms with Crippen molar-refractivity contribution in [3.63, 3.8) is 0 Å². The van der Waals surface area contributed by atoms with E-state index in [0.717, 1.165) is 45.3 Å². The van der Waals surface area contributed by atoms with E-state index >= 15 is 0 Å². The summed E-state index contributed by atoms with van der Waals surface area (Å²) in [5.74, 6) is -4.05. The number of H-pyrrole nitrogens is 2. The topological polar surface area (TPSA) is 282 Å². The molecule has 3 aromatic carbocycles. The van der Waals surface area contributed by atoms with Crippen molar-refractivity contribution in [3.8, 4) is 0 Å². The van der Waals surface area contributed by atoms with Crippen LogP contribution in [-0.4, -0.2) is 124 Å². The van der Waals surface area contributed by atoms with Gasteiger partial charge in [-0.1, -0.05) is 73.7 Å². The highest BCUT2D eigenvalue weighted by Gasteiger charge is 2.33. The summed E-state index contributed by atoms with van der Waals surface area (Å²) >= 11 is 0. The van der Waals surface area contributed by atoms with Gasteiger partial charge in [-0.2, -0.15) is 0 Å². The molecule has 374 valence electrons. The number of nitrogens with one attached hydrogen (secondary N) is 8. The van der Waals surface area contributed by atoms with E-state index in [0.29, 0.717) is 49.9 Å². The van der Waals surface area contributed by atoms with Gasteiger partial charge < -0.3 is 52.9 Å². The highest BCUT2D eigenvalue weighted by molar-refractivity contribution is 5.97. The van der Waals surface area contributed by atoms with Crippen molar-refractivity contribution in [2.24, 2.45) is 11.5 Å². The third kappa shape index (κ3) is 14.6. The molecule has 2 aromatic heterocycles. The molecule has 0 bridgehead atoms. The number of carbonyl (C=O) groups excluding carboxylic acids is 7. The lowest BCUT2D eigenvalue weighted by atomic mass is 10.0. The molecule has 0 unspecified atom stereocenters. The van der Waals surface area contributed by atoms with Crippen molar-refractivity contribution < 1.29 is 33.6 Å². The van der Waals surface area contributed by atoms with E-state index in [1.807, 2.05) is 78.9 Å². The fourth-order valence-corrected chi connectivity index (χ4v) is 8.64. The monoisotopic (exact) mass is 961 g/mol. The number of aromatic nitrogens is 2. The summed E-state index contributed by atoms with van der Waals surface area (Å²) in [4.78, 5) is 106. The van der Waals surface area contributed by atoms with Gasteiger partial charge in [0.2, 0.25) is 29.5 Å². The van der Waals surface area contributed by atoms with Crippen molar-refractivity contribution in [2.75, 3.05) is 26.2 Å². The largest absolute Gasteiger partial charge is 0.368 e. The van der Waals surface area contributed by atoms with Gasteiger partial charge in [-0.15, -0.1) is 0 Å². The van der Waals surface area contributed by atoms with Gasteiger partial charge in [0.15, 0.2) is 0 Å². The van der Waals surface area contributed by atoms with Gasteiger partial charge in [-0.3, -0.25) is 34.2 Å². The average Bonchev–Trinajstić information content (AvgIpc) is 3.95. The Morgan fingerprint density at radius 2 is 1.17 bits per heavy atom. The van der Waals surface area contributed by atoms with Gasteiger partial charge >= 0.3 is 6.03 Å². The molecule has 0 aliphatic carbocycles. The minimum absolute atomic E-state index is 0.00402. The number of benzene rings is 3. The lowest BCUT2D eigenvalue weighted by Gasteiger charge is -2.28. The summed E-state index contributed by atoms with van der Waals surface area (Å²) in [6, 6.07) is 16.4. The molecular formula is C51H68N12O7. The molecule has 1 saturated heterocycles. The normalized spacial score (nSPS) is 21.9. The Morgan fingerprint density at radius 1 is 0.657 bits per heavy atom. The molecule has 0 saturated carbocycles. The van der Waals surface area contributed by atoms with Crippen LogP contribution in [-0.2, 0) is 48.0 Å². The summed E-state index contributed by atoms with van der Waals surface area (Å²) in [6.07, 6.45) is 7.08. The number of fused-ring (bicyclic) bond motifs is 2.